The summed E-state index contributed by atoms with van der Waals surface area (Å²) >= 11 is 0. The van der Waals surface area contributed by atoms with Crippen LogP contribution in [0.5, 0.6) is 0 Å². The van der Waals surface area contributed by atoms with E-state index in [4.69, 9.17) is 5.84 Å². The lowest BCUT2D eigenvalue weighted by molar-refractivity contribution is -0.175. The Morgan fingerprint density at radius 3 is 2.82 bits per heavy atom. The molecule has 1 aromatic rings. The third-order valence-electron chi connectivity index (χ3n) is 2.16. The monoisotopic (exact) mass is 252 g/mol. The summed E-state index contributed by atoms with van der Waals surface area (Å²) in [7, 11) is 0. The molecule has 0 saturated heterocycles. The van der Waals surface area contributed by atoms with E-state index in [2.05, 4.69) is 15.3 Å². The molecule has 1 heterocycles. The minimum Gasteiger partial charge on any atom is -0.370 e. The number of hydrogen-bond acceptors (Lipinski definition) is 4. The molecule has 0 radical (unpaired) electrons. The van der Waals surface area contributed by atoms with Crippen LogP contribution >= 0.6 is 0 Å². The Hall–Kier alpha value is -1.12. The average Bonchev–Trinajstić information content (AvgIpc) is 2.70. The van der Waals surface area contributed by atoms with Gasteiger partial charge in [-0.05, 0) is 13.0 Å². The van der Waals surface area contributed by atoms with E-state index >= 15 is 0 Å². The predicted octanol–water partition coefficient (Wildman–Crippen LogP) is 0.986. The summed E-state index contributed by atoms with van der Waals surface area (Å²) in [6.07, 6.45) is -2.77. The summed E-state index contributed by atoms with van der Waals surface area (Å²) in [5.74, 6) is 5.29. The molecule has 0 aliphatic rings. The Labute approximate surface area is 96.7 Å². The quantitative estimate of drug-likeness (QED) is 0.585. The van der Waals surface area contributed by atoms with Crippen LogP contribution in [0.15, 0.2) is 12.3 Å². The Kier molecular flexibility index (Phi) is 4.91. The van der Waals surface area contributed by atoms with Gasteiger partial charge in [0.05, 0.1) is 18.3 Å². The SMILES string of the molecule is CCn1nccc1C(COCC(F)(F)F)NN. The van der Waals surface area contributed by atoms with Crippen molar-refractivity contribution in [1.82, 2.24) is 15.2 Å². The number of nitrogens with one attached hydrogen (secondary N) is 1. The van der Waals surface area contributed by atoms with E-state index in [-0.39, 0.29) is 6.61 Å². The molecule has 0 bridgehead atoms. The van der Waals surface area contributed by atoms with Crippen molar-refractivity contribution in [2.75, 3.05) is 13.2 Å². The number of ether oxygens (including phenoxy) is 1. The molecular formula is C9H15F3N4O. The van der Waals surface area contributed by atoms with E-state index < -0.39 is 18.8 Å². The van der Waals surface area contributed by atoms with Crippen molar-refractivity contribution in [3.05, 3.63) is 18.0 Å². The second kappa shape index (κ2) is 5.99. The van der Waals surface area contributed by atoms with Gasteiger partial charge in [0.15, 0.2) is 0 Å². The summed E-state index contributed by atoms with van der Waals surface area (Å²) in [5.41, 5.74) is 3.10. The third-order valence-corrected chi connectivity index (χ3v) is 2.16. The number of aromatic nitrogens is 2. The van der Waals surface area contributed by atoms with Gasteiger partial charge < -0.3 is 4.74 Å². The summed E-state index contributed by atoms with van der Waals surface area (Å²) in [6, 6.07) is 1.17. The van der Waals surface area contributed by atoms with E-state index in [0.29, 0.717) is 12.2 Å². The number of hydrazine groups is 1. The van der Waals surface area contributed by atoms with Gasteiger partial charge in [0.1, 0.15) is 6.61 Å². The first-order valence-corrected chi connectivity index (χ1v) is 5.10. The molecule has 5 nitrogen and oxygen atoms in total. The Bertz CT molecular complexity index is 339. The van der Waals surface area contributed by atoms with E-state index in [9.17, 15) is 13.2 Å². The number of rotatable bonds is 6. The molecule has 0 aliphatic heterocycles. The first kappa shape index (κ1) is 13.9. The smallest absolute Gasteiger partial charge is 0.370 e. The fraction of sp³-hybridized carbons (Fsp3) is 0.667. The summed E-state index contributed by atoms with van der Waals surface area (Å²) in [6.45, 7) is 1.04. The molecule has 17 heavy (non-hydrogen) atoms. The third kappa shape index (κ3) is 4.33. The van der Waals surface area contributed by atoms with Crippen molar-refractivity contribution in [2.24, 2.45) is 5.84 Å². The lowest BCUT2D eigenvalue weighted by atomic mass is 10.2. The van der Waals surface area contributed by atoms with Crippen LogP contribution < -0.4 is 11.3 Å². The van der Waals surface area contributed by atoms with Crippen LogP contribution in [0.1, 0.15) is 18.7 Å². The van der Waals surface area contributed by atoms with Crippen LogP contribution in [0.2, 0.25) is 0 Å². The minimum atomic E-state index is -4.33. The fourth-order valence-electron chi connectivity index (χ4n) is 1.41. The molecule has 0 aromatic carbocycles. The highest BCUT2D eigenvalue weighted by atomic mass is 19.4. The standard InChI is InChI=1S/C9H15F3N4O/c1-2-16-8(3-4-14-16)7(15-13)5-17-6-9(10,11)12/h3-4,7,15H,2,5-6,13H2,1H3. The van der Waals surface area contributed by atoms with Gasteiger partial charge in [-0.25, -0.2) is 5.43 Å². The highest BCUT2D eigenvalue weighted by Crippen LogP contribution is 2.17. The van der Waals surface area contributed by atoms with E-state index in [1.54, 1.807) is 16.9 Å². The fourth-order valence-corrected chi connectivity index (χ4v) is 1.41. The van der Waals surface area contributed by atoms with Crippen molar-refractivity contribution in [3.8, 4) is 0 Å². The molecule has 1 atom stereocenters. The van der Waals surface area contributed by atoms with E-state index in [0.717, 1.165) is 0 Å². The number of aryl methyl sites for hydroxylation is 1. The largest absolute Gasteiger partial charge is 0.411 e. The molecule has 98 valence electrons. The molecule has 3 N–H and O–H groups in total. The van der Waals surface area contributed by atoms with Crippen molar-refractivity contribution in [2.45, 2.75) is 25.7 Å². The van der Waals surface area contributed by atoms with Gasteiger partial charge in [-0.1, -0.05) is 0 Å². The predicted molar refractivity (Wildman–Crippen MR) is 54.8 cm³/mol. The summed E-state index contributed by atoms with van der Waals surface area (Å²) < 4.78 is 41.9. The van der Waals surface area contributed by atoms with E-state index in [1.165, 1.54) is 0 Å². The molecular weight excluding hydrogens is 237 g/mol. The number of alkyl halides is 3. The lowest BCUT2D eigenvalue weighted by Gasteiger charge is -2.17. The highest BCUT2D eigenvalue weighted by molar-refractivity contribution is 5.06. The van der Waals surface area contributed by atoms with Crippen LogP contribution in [-0.2, 0) is 11.3 Å². The normalized spacial score (nSPS) is 13.9. The lowest BCUT2D eigenvalue weighted by Crippen LogP contribution is -2.34. The van der Waals surface area contributed by atoms with Crippen LogP contribution in [0, 0.1) is 0 Å². The van der Waals surface area contributed by atoms with Crippen molar-refractivity contribution in [3.63, 3.8) is 0 Å². The maximum absolute atomic E-state index is 11.9. The molecule has 0 aliphatic carbocycles. The Balaban J connectivity index is 2.54. The first-order chi connectivity index (χ1) is 7.98. The molecule has 0 spiro atoms. The van der Waals surface area contributed by atoms with Gasteiger partial charge >= 0.3 is 6.18 Å². The van der Waals surface area contributed by atoms with Crippen LogP contribution in [0.3, 0.4) is 0 Å². The molecule has 1 aromatic heterocycles. The summed E-state index contributed by atoms with van der Waals surface area (Å²) in [5, 5.41) is 4.00. The van der Waals surface area contributed by atoms with Gasteiger partial charge in [-0.2, -0.15) is 18.3 Å². The van der Waals surface area contributed by atoms with Crippen molar-refractivity contribution >= 4 is 0 Å². The number of nitrogens with two attached hydrogens (primary N) is 1. The topological polar surface area (TPSA) is 65.1 Å². The first-order valence-electron chi connectivity index (χ1n) is 5.10. The van der Waals surface area contributed by atoms with Crippen molar-refractivity contribution < 1.29 is 17.9 Å². The minimum absolute atomic E-state index is 0.165. The van der Waals surface area contributed by atoms with Gasteiger partial charge in [0.2, 0.25) is 0 Å². The molecule has 0 amide bonds. The zero-order chi connectivity index (χ0) is 12.9. The van der Waals surface area contributed by atoms with Gasteiger partial charge in [0, 0.05) is 12.7 Å². The Morgan fingerprint density at radius 2 is 2.29 bits per heavy atom. The summed E-state index contributed by atoms with van der Waals surface area (Å²) in [4.78, 5) is 0. The zero-order valence-electron chi connectivity index (χ0n) is 9.37. The maximum atomic E-state index is 11.9. The molecule has 0 saturated carbocycles. The maximum Gasteiger partial charge on any atom is 0.411 e. The number of nitrogens with zero attached hydrogens (tertiary/aromatic N) is 2. The van der Waals surface area contributed by atoms with Gasteiger partial charge in [-0.3, -0.25) is 10.5 Å². The Morgan fingerprint density at radius 1 is 1.59 bits per heavy atom. The number of hydrogen-bond donors (Lipinski definition) is 2. The van der Waals surface area contributed by atoms with E-state index in [1.807, 2.05) is 6.92 Å². The average molecular weight is 252 g/mol. The second-order valence-corrected chi connectivity index (χ2v) is 3.42. The molecule has 1 rings (SSSR count). The molecule has 0 fully saturated rings. The number of halogens is 3. The highest BCUT2D eigenvalue weighted by Gasteiger charge is 2.28. The molecule has 1 unspecified atom stereocenters. The van der Waals surface area contributed by atoms with Crippen LogP contribution in [-0.4, -0.2) is 29.2 Å². The van der Waals surface area contributed by atoms with Crippen molar-refractivity contribution in [1.29, 1.82) is 0 Å². The zero-order valence-corrected chi connectivity index (χ0v) is 9.37. The van der Waals surface area contributed by atoms with Crippen LogP contribution in [0.25, 0.3) is 0 Å². The van der Waals surface area contributed by atoms with Crippen LogP contribution in [0.4, 0.5) is 13.2 Å². The van der Waals surface area contributed by atoms with Gasteiger partial charge in [0.25, 0.3) is 0 Å². The molecule has 8 heteroatoms. The second-order valence-electron chi connectivity index (χ2n) is 3.42. The van der Waals surface area contributed by atoms with Gasteiger partial charge in [-0.15, -0.1) is 0 Å².